The number of rotatable bonds is 17. The van der Waals surface area contributed by atoms with Gasteiger partial charge in [-0.2, -0.15) is 0 Å². The van der Waals surface area contributed by atoms with Crippen LogP contribution in [0.15, 0.2) is 130 Å². The first-order valence-electron chi connectivity index (χ1n) is 24.1. The van der Waals surface area contributed by atoms with E-state index in [1.54, 1.807) is 0 Å². The van der Waals surface area contributed by atoms with Crippen molar-refractivity contribution < 1.29 is 8.83 Å². The third-order valence-electron chi connectivity index (χ3n) is 13.6. The van der Waals surface area contributed by atoms with E-state index in [2.05, 4.69) is 196 Å². The van der Waals surface area contributed by atoms with Crippen LogP contribution < -0.4 is 29.7 Å². The number of hydrogen-bond acceptors (Lipinski definition) is 4. The first kappa shape index (κ1) is 44.5. The lowest BCUT2D eigenvalue weighted by molar-refractivity contribution is 0.509. The first-order chi connectivity index (χ1) is 31.3. The second-order valence-electron chi connectivity index (χ2n) is 17.2. The molecular formula is C58H68N4O2+2. The second-order valence-corrected chi connectivity index (χ2v) is 17.2. The highest BCUT2D eigenvalue weighted by Crippen LogP contribution is 2.43. The van der Waals surface area contributed by atoms with Gasteiger partial charge < -0.3 is 18.6 Å². The van der Waals surface area contributed by atoms with E-state index >= 15 is 0 Å². The van der Waals surface area contributed by atoms with Gasteiger partial charge in [0.25, 0.3) is 0 Å². The zero-order valence-electron chi connectivity index (χ0n) is 39.6. The van der Waals surface area contributed by atoms with Crippen LogP contribution in [0.5, 0.6) is 0 Å². The standard InChI is InChI=1S/C58H68N4O2/c1-9-59(10-2)43-27-31-49-53(37-43)63-55-39-45(29-33-51(55)57(49)47-25-19-17-23-41(47)7)61(13-5)35-21-15-16-22-36-62(14-6)46-30-34-52-56(40-46)64-54-38-44(60(11-3)12-4)28-32-50(54)58(52)48-26-20-18-24-42(48)8/h17-20,23-34,37-40H,9-16,21-22,35-36H2,1-8H3/q+2. The van der Waals surface area contributed by atoms with E-state index < -0.39 is 0 Å². The van der Waals surface area contributed by atoms with Crippen LogP contribution >= 0.6 is 0 Å². The van der Waals surface area contributed by atoms with Gasteiger partial charge in [0, 0.05) is 108 Å². The number of unbranched alkanes of at least 4 members (excludes halogenated alkanes) is 3. The van der Waals surface area contributed by atoms with E-state index in [1.165, 1.54) is 68.3 Å². The third kappa shape index (κ3) is 8.98. The van der Waals surface area contributed by atoms with E-state index in [1.807, 2.05) is 0 Å². The van der Waals surface area contributed by atoms with Gasteiger partial charge >= 0.3 is 0 Å². The molecule has 4 aromatic rings. The molecule has 4 aromatic carbocycles. The molecule has 2 aliphatic carbocycles. The van der Waals surface area contributed by atoms with E-state index in [0.29, 0.717) is 0 Å². The fourth-order valence-corrected chi connectivity index (χ4v) is 9.88. The van der Waals surface area contributed by atoms with Crippen LogP contribution in [0.2, 0.25) is 0 Å². The minimum atomic E-state index is 0.930. The van der Waals surface area contributed by atoms with Crippen LogP contribution in [0.1, 0.15) is 78.4 Å². The van der Waals surface area contributed by atoms with Crippen molar-refractivity contribution in [2.24, 2.45) is 0 Å². The minimum Gasteiger partial charge on any atom is -0.456 e. The summed E-state index contributed by atoms with van der Waals surface area (Å²) in [6, 6.07) is 44.6. The van der Waals surface area contributed by atoms with Crippen LogP contribution in [-0.4, -0.2) is 52.4 Å². The lowest BCUT2D eigenvalue weighted by atomic mass is 9.91. The van der Waals surface area contributed by atoms with Gasteiger partial charge in [-0.25, -0.2) is 9.15 Å². The largest absolute Gasteiger partial charge is 0.456 e. The molecule has 0 radical (unpaired) electrons. The molecule has 2 aliphatic heterocycles. The molecule has 64 heavy (non-hydrogen) atoms. The highest BCUT2D eigenvalue weighted by atomic mass is 16.3. The topological polar surface area (TPSA) is 38.8 Å². The zero-order chi connectivity index (χ0) is 44.7. The summed E-state index contributed by atoms with van der Waals surface area (Å²) in [5, 5.41) is 4.74. The average Bonchev–Trinajstić information content (AvgIpc) is 3.32. The number of anilines is 2. The number of fused-ring (bicyclic) bond motifs is 4. The minimum absolute atomic E-state index is 0.930. The van der Waals surface area contributed by atoms with Gasteiger partial charge in [-0.05, 0) is 127 Å². The maximum absolute atomic E-state index is 6.82. The lowest BCUT2D eigenvalue weighted by Gasteiger charge is -2.22. The molecule has 0 saturated carbocycles. The highest BCUT2D eigenvalue weighted by Gasteiger charge is 2.22. The predicted octanol–water partition coefficient (Wildman–Crippen LogP) is 12.9. The quantitative estimate of drug-likeness (QED) is 0.0520. The summed E-state index contributed by atoms with van der Waals surface area (Å²) in [6.45, 7) is 25.6. The van der Waals surface area contributed by atoms with Crippen molar-refractivity contribution in [3.8, 4) is 44.9 Å². The Bertz CT molecular complexity index is 2760. The normalized spacial score (nSPS) is 12.7. The molecule has 0 saturated heterocycles. The molecule has 0 atom stereocenters. The summed E-state index contributed by atoms with van der Waals surface area (Å²) in [6.07, 6.45) is 4.67. The summed E-state index contributed by atoms with van der Waals surface area (Å²) >= 11 is 0. The Morgan fingerprint density at radius 3 is 1.20 bits per heavy atom. The molecular weight excluding hydrogens is 785 g/mol. The molecule has 6 nitrogen and oxygen atoms in total. The van der Waals surface area contributed by atoms with Crippen molar-refractivity contribution in [3.05, 3.63) is 143 Å². The maximum atomic E-state index is 6.82. The summed E-state index contributed by atoms with van der Waals surface area (Å²) in [5.41, 5.74) is 14.1. The molecule has 6 heteroatoms. The van der Waals surface area contributed by atoms with Gasteiger partial charge in [0.15, 0.2) is 0 Å². The van der Waals surface area contributed by atoms with Crippen LogP contribution in [0.3, 0.4) is 0 Å². The Morgan fingerprint density at radius 1 is 0.422 bits per heavy atom. The second kappa shape index (κ2) is 20.1. The summed E-state index contributed by atoms with van der Waals surface area (Å²) in [5.74, 6) is 1.87. The van der Waals surface area contributed by atoms with E-state index in [9.17, 15) is 0 Å². The molecule has 0 unspecified atom stereocenters. The van der Waals surface area contributed by atoms with Crippen LogP contribution in [0.4, 0.5) is 11.4 Å². The van der Waals surface area contributed by atoms with Gasteiger partial charge in [0.2, 0.25) is 10.7 Å². The lowest BCUT2D eigenvalue weighted by Crippen LogP contribution is -2.31. The van der Waals surface area contributed by atoms with Gasteiger partial charge in [-0.15, -0.1) is 0 Å². The van der Waals surface area contributed by atoms with Crippen molar-refractivity contribution in [2.75, 3.05) is 62.2 Å². The van der Waals surface area contributed by atoms with Gasteiger partial charge in [0.1, 0.15) is 48.9 Å². The van der Waals surface area contributed by atoms with Gasteiger partial charge in [-0.1, -0.05) is 48.5 Å². The summed E-state index contributed by atoms with van der Waals surface area (Å²) in [4.78, 5) is 4.76. The summed E-state index contributed by atoms with van der Waals surface area (Å²) in [7, 11) is 0. The van der Waals surface area contributed by atoms with Gasteiger partial charge in [0.05, 0.1) is 12.1 Å². The molecule has 0 amide bonds. The molecule has 2 heterocycles. The average molecular weight is 853 g/mol. The van der Waals surface area contributed by atoms with E-state index in [4.69, 9.17) is 8.83 Å². The summed E-state index contributed by atoms with van der Waals surface area (Å²) < 4.78 is 18.7. The Labute approximate surface area is 381 Å². The fourth-order valence-electron chi connectivity index (χ4n) is 9.88. The fraction of sp³-hybridized carbons (Fsp3) is 0.345. The Hall–Kier alpha value is -6.14. The molecule has 8 rings (SSSR count). The van der Waals surface area contributed by atoms with Gasteiger partial charge in [-0.3, -0.25) is 0 Å². The smallest absolute Gasteiger partial charge is 0.203 e. The molecule has 0 fully saturated rings. The van der Waals surface area contributed by atoms with E-state index in [0.717, 1.165) is 110 Å². The molecule has 4 aliphatic rings. The zero-order valence-corrected chi connectivity index (χ0v) is 39.6. The molecule has 0 aromatic heterocycles. The molecule has 330 valence electrons. The Balaban J connectivity index is 1.03. The third-order valence-corrected chi connectivity index (χ3v) is 13.6. The van der Waals surface area contributed by atoms with Crippen molar-refractivity contribution in [3.63, 3.8) is 0 Å². The van der Waals surface area contributed by atoms with Crippen LogP contribution in [0, 0.1) is 13.8 Å². The Kier molecular flexibility index (Phi) is 14.0. The van der Waals surface area contributed by atoms with Crippen molar-refractivity contribution in [2.45, 2.75) is 81.1 Å². The molecule has 0 spiro atoms. The number of aryl methyl sites for hydroxylation is 2. The monoisotopic (exact) mass is 853 g/mol. The number of benzene rings is 6. The molecule has 0 bridgehead atoms. The maximum Gasteiger partial charge on any atom is 0.203 e. The number of nitrogens with zero attached hydrogens (tertiary/aromatic N) is 4. The van der Waals surface area contributed by atoms with Crippen molar-refractivity contribution in [1.82, 2.24) is 9.15 Å². The Morgan fingerprint density at radius 2 is 0.828 bits per heavy atom. The number of hydrogen-bond donors (Lipinski definition) is 0. The van der Waals surface area contributed by atoms with Crippen molar-refractivity contribution in [1.29, 1.82) is 0 Å². The van der Waals surface area contributed by atoms with Crippen molar-refractivity contribution >= 4 is 33.3 Å². The van der Waals surface area contributed by atoms with E-state index in [-0.39, 0.29) is 0 Å². The highest BCUT2D eigenvalue weighted by molar-refractivity contribution is 6.04. The predicted molar refractivity (Wildman–Crippen MR) is 273 cm³/mol. The van der Waals surface area contributed by atoms with Crippen LogP contribution in [0.25, 0.3) is 66.8 Å². The molecule has 0 N–H and O–H groups in total. The first-order valence-corrected chi connectivity index (χ1v) is 24.1. The van der Waals surface area contributed by atoms with Crippen LogP contribution in [-0.2, 0) is 0 Å². The SMILES string of the molecule is CCN(CC)c1ccc2c(-c3ccccc3C)c3ccc(=[N+](CC)CCCCCC[N+](CC)=c4ccc5c(-c6ccccc6C)c6ccc(N(CC)CC)cc6oc-5c4)cc-3oc2c1.